The lowest BCUT2D eigenvalue weighted by molar-refractivity contribution is 0.0530. The number of nitrogens with zero attached hydrogens (tertiary/aromatic N) is 8. The summed E-state index contributed by atoms with van der Waals surface area (Å²) in [6.07, 6.45) is 6.30. The van der Waals surface area contributed by atoms with Crippen molar-refractivity contribution in [3.8, 4) is 0 Å². The monoisotopic (exact) mass is 454 g/mol. The fraction of sp³-hybridized carbons (Fsp3) is 0.500. The molecule has 0 aliphatic carbocycles. The zero-order valence-electron chi connectivity index (χ0n) is 18.2. The van der Waals surface area contributed by atoms with Crippen LogP contribution >= 0.6 is 0 Å². The first-order chi connectivity index (χ1) is 16.4. The number of H-pyrrole nitrogens is 2. The van der Waals surface area contributed by atoms with Gasteiger partial charge in [0.05, 0.1) is 52.3 Å². The summed E-state index contributed by atoms with van der Waals surface area (Å²) in [6, 6.07) is 0. The fourth-order valence-corrected chi connectivity index (χ4v) is 3.75. The van der Waals surface area contributed by atoms with Crippen molar-refractivity contribution in [2.75, 3.05) is 75.6 Å². The number of hydrogen-bond acceptors (Lipinski definition) is 11. The molecule has 5 heterocycles. The Morgan fingerprint density at radius 3 is 1.42 bits per heavy atom. The van der Waals surface area contributed by atoms with Crippen LogP contribution in [0.15, 0.2) is 25.3 Å². The van der Waals surface area contributed by atoms with E-state index >= 15 is 0 Å². The van der Waals surface area contributed by atoms with Gasteiger partial charge in [-0.05, 0) is 0 Å². The molecule has 13 heteroatoms. The minimum atomic E-state index is 0.520. The molecular formula is C20H26N10O3. The number of ether oxygens (including phenoxy) is 3. The van der Waals surface area contributed by atoms with Crippen LogP contribution in [0, 0.1) is 0 Å². The average Bonchev–Trinajstić information content (AvgIpc) is 3.51. The highest BCUT2D eigenvalue weighted by Crippen LogP contribution is 2.20. The van der Waals surface area contributed by atoms with Gasteiger partial charge in [-0.2, -0.15) is 0 Å². The maximum atomic E-state index is 6.00. The summed E-state index contributed by atoms with van der Waals surface area (Å²) in [6.45, 7) is 5.85. The summed E-state index contributed by atoms with van der Waals surface area (Å²) >= 11 is 0. The molecule has 1 fully saturated rings. The quantitative estimate of drug-likeness (QED) is 0.434. The Labute approximate surface area is 189 Å². The molecule has 5 rings (SSSR count). The predicted octanol–water partition coefficient (Wildman–Crippen LogP) is 0.396. The van der Waals surface area contributed by atoms with E-state index in [-0.39, 0.29) is 0 Å². The highest BCUT2D eigenvalue weighted by molar-refractivity contribution is 5.83. The van der Waals surface area contributed by atoms with Gasteiger partial charge in [0.15, 0.2) is 22.9 Å². The van der Waals surface area contributed by atoms with Crippen LogP contribution in [0.5, 0.6) is 0 Å². The number of hydrogen-bond donors (Lipinski definition) is 2. The smallest absolute Gasteiger partial charge is 0.182 e. The van der Waals surface area contributed by atoms with Crippen molar-refractivity contribution < 1.29 is 14.2 Å². The molecule has 0 unspecified atom stereocenters. The van der Waals surface area contributed by atoms with Crippen LogP contribution in [-0.2, 0) is 14.2 Å². The van der Waals surface area contributed by atoms with Crippen molar-refractivity contribution in [1.82, 2.24) is 39.9 Å². The van der Waals surface area contributed by atoms with Crippen LogP contribution in [0.4, 0.5) is 11.6 Å². The summed E-state index contributed by atoms with van der Waals surface area (Å²) in [5, 5.41) is 0. The Hall–Kier alpha value is -3.42. The second-order valence-electron chi connectivity index (χ2n) is 7.41. The summed E-state index contributed by atoms with van der Waals surface area (Å²) in [5.41, 5.74) is 2.88. The number of fused-ring (bicyclic) bond motifs is 2. The molecule has 0 aromatic carbocycles. The van der Waals surface area contributed by atoms with Crippen LogP contribution in [0.1, 0.15) is 0 Å². The van der Waals surface area contributed by atoms with Gasteiger partial charge in [0, 0.05) is 26.2 Å². The predicted molar refractivity (Wildman–Crippen MR) is 120 cm³/mol. The van der Waals surface area contributed by atoms with Crippen molar-refractivity contribution in [1.29, 1.82) is 0 Å². The summed E-state index contributed by atoms with van der Waals surface area (Å²) in [5.74, 6) is 1.57. The first-order valence-electron chi connectivity index (χ1n) is 10.9. The molecular weight excluding hydrogens is 428 g/mol. The Bertz CT molecular complexity index is 1080. The third-order valence-corrected chi connectivity index (χ3v) is 5.40. The molecule has 0 amide bonds. The van der Waals surface area contributed by atoms with Crippen molar-refractivity contribution >= 4 is 34.0 Å². The molecule has 1 saturated heterocycles. The molecule has 4 aromatic heterocycles. The maximum Gasteiger partial charge on any atom is 0.182 e. The topological polar surface area (TPSA) is 143 Å². The highest BCUT2D eigenvalue weighted by Gasteiger charge is 2.16. The van der Waals surface area contributed by atoms with E-state index in [1.165, 1.54) is 12.7 Å². The van der Waals surface area contributed by atoms with Crippen molar-refractivity contribution in [2.45, 2.75) is 0 Å². The van der Waals surface area contributed by atoms with Gasteiger partial charge in [-0.1, -0.05) is 0 Å². The molecule has 0 bridgehead atoms. The average molecular weight is 454 g/mol. The summed E-state index contributed by atoms with van der Waals surface area (Å²) in [7, 11) is 0. The molecule has 0 saturated carbocycles. The molecule has 174 valence electrons. The molecule has 13 nitrogen and oxygen atoms in total. The number of imidazole rings is 2. The zero-order valence-corrected chi connectivity index (χ0v) is 18.2. The molecule has 0 radical (unpaired) electrons. The van der Waals surface area contributed by atoms with Gasteiger partial charge < -0.3 is 34.0 Å². The SMILES string of the molecule is c1nc(N2CCOCCOCCN(c3ncnc4nc[nH]c34)CCOCC2)c2[nH]cnc2n1. The first-order valence-corrected chi connectivity index (χ1v) is 10.9. The Morgan fingerprint density at radius 1 is 0.545 bits per heavy atom. The highest BCUT2D eigenvalue weighted by atomic mass is 16.5. The third kappa shape index (κ3) is 4.99. The Balaban J connectivity index is 1.28. The van der Waals surface area contributed by atoms with Gasteiger partial charge in [-0.15, -0.1) is 0 Å². The second kappa shape index (κ2) is 10.5. The number of aromatic amines is 2. The Kier molecular flexibility index (Phi) is 6.79. The van der Waals surface area contributed by atoms with Crippen molar-refractivity contribution in [3.05, 3.63) is 25.3 Å². The van der Waals surface area contributed by atoms with Gasteiger partial charge in [-0.25, -0.2) is 29.9 Å². The number of rotatable bonds is 2. The van der Waals surface area contributed by atoms with Gasteiger partial charge in [0.1, 0.15) is 23.7 Å². The maximum absolute atomic E-state index is 6.00. The lowest BCUT2D eigenvalue weighted by atomic mass is 10.4. The Morgan fingerprint density at radius 2 is 0.970 bits per heavy atom. The van der Waals surface area contributed by atoms with Crippen LogP contribution in [0.3, 0.4) is 0 Å². The lowest BCUT2D eigenvalue weighted by Crippen LogP contribution is -2.34. The molecule has 2 N–H and O–H groups in total. The van der Waals surface area contributed by atoms with Gasteiger partial charge in [0.2, 0.25) is 0 Å². The molecule has 33 heavy (non-hydrogen) atoms. The second-order valence-corrected chi connectivity index (χ2v) is 7.41. The molecule has 1 aliphatic rings. The molecule has 4 aromatic rings. The minimum absolute atomic E-state index is 0.520. The minimum Gasteiger partial charge on any atom is -0.378 e. The van der Waals surface area contributed by atoms with Crippen LogP contribution in [0.2, 0.25) is 0 Å². The summed E-state index contributed by atoms with van der Waals surface area (Å²) in [4.78, 5) is 36.3. The van der Waals surface area contributed by atoms with E-state index in [1.54, 1.807) is 12.7 Å². The van der Waals surface area contributed by atoms with Crippen LogP contribution in [0.25, 0.3) is 22.3 Å². The molecule has 0 atom stereocenters. The van der Waals surface area contributed by atoms with E-state index in [0.29, 0.717) is 77.1 Å². The van der Waals surface area contributed by atoms with Crippen LogP contribution < -0.4 is 9.80 Å². The van der Waals surface area contributed by atoms with E-state index < -0.39 is 0 Å². The fourth-order valence-electron chi connectivity index (χ4n) is 3.75. The molecule has 1 aliphatic heterocycles. The van der Waals surface area contributed by atoms with E-state index in [2.05, 4.69) is 49.7 Å². The standard InChI is InChI=1S/C20H26N10O3/c1-5-31-6-2-30(20-16-18(24-12-22-16)26-14-28-20)4-8-33-10-9-32-7-3-29(1)19-15-17(23-11-21-15)25-13-27-19/h11-14H,1-10H2,(H,21,23,25,27)(H,22,24,26,28). The molecule has 0 spiro atoms. The number of nitrogens with one attached hydrogen (secondary N) is 2. The van der Waals surface area contributed by atoms with E-state index in [0.717, 1.165) is 22.7 Å². The van der Waals surface area contributed by atoms with Crippen LogP contribution in [-0.4, -0.2) is 106 Å². The largest absolute Gasteiger partial charge is 0.378 e. The van der Waals surface area contributed by atoms with E-state index in [9.17, 15) is 0 Å². The van der Waals surface area contributed by atoms with Gasteiger partial charge >= 0.3 is 0 Å². The van der Waals surface area contributed by atoms with E-state index in [4.69, 9.17) is 14.2 Å². The third-order valence-electron chi connectivity index (χ3n) is 5.40. The zero-order chi connectivity index (χ0) is 22.3. The normalized spacial score (nSPS) is 17.8. The van der Waals surface area contributed by atoms with Gasteiger partial charge in [-0.3, -0.25) is 0 Å². The lowest BCUT2D eigenvalue weighted by Gasteiger charge is -2.25. The van der Waals surface area contributed by atoms with Gasteiger partial charge in [0.25, 0.3) is 0 Å². The van der Waals surface area contributed by atoms with E-state index in [1.807, 2.05) is 0 Å². The van der Waals surface area contributed by atoms with Crippen molar-refractivity contribution in [3.63, 3.8) is 0 Å². The number of aromatic nitrogens is 8. The van der Waals surface area contributed by atoms with Crippen molar-refractivity contribution in [2.24, 2.45) is 0 Å². The summed E-state index contributed by atoms with van der Waals surface area (Å²) < 4.78 is 17.6. The first kappa shape index (κ1) is 21.4. The number of anilines is 2.